The first-order valence-electron chi connectivity index (χ1n) is 20.8. The Morgan fingerprint density at radius 3 is 1.76 bits per heavy atom. The third kappa shape index (κ3) is 3.62. The summed E-state index contributed by atoms with van der Waals surface area (Å²) < 4.78 is 2.53. The Morgan fingerprint density at radius 1 is 0.356 bits per heavy atom. The van der Waals surface area contributed by atoms with Crippen LogP contribution in [0, 0.1) is 0 Å². The summed E-state index contributed by atoms with van der Waals surface area (Å²) in [7, 11) is 0. The highest BCUT2D eigenvalue weighted by Gasteiger charge is 2.51. The van der Waals surface area contributed by atoms with Crippen LogP contribution in [0.1, 0.15) is 45.9 Å². The van der Waals surface area contributed by atoms with E-state index in [0.717, 1.165) is 0 Å². The maximum atomic E-state index is 2.55. The van der Waals surface area contributed by atoms with E-state index in [1.807, 2.05) is 0 Å². The van der Waals surface area contributed by atoms with E-state index in [1.54, 1.807) is 0 Å². The molecular weight excluding hydrogens is 713 g/mol. The highest BCUT2D eigenvalue weighted by atomic mass is 15.2. The molecule has 2 nitrogen and oxygen atoms in total. The number of para-hydroxylation sites is 5. The van der Waals surface area contributed by atoms with Gasteiger partial charge in [0.1, 0.15) is 0 Å². The van der Waals surface area contributed by atoms with Crippen LogP contribution in [0.4, 0.5) is 17.1 Å². The topological polar surface area (TPSA) is 8.17 Å². The maximum absolute atomic E-state index is 2.55. The van der Waals surface area contributed by atoms with Gasteiger partial charge >= 0.3 is 0 Å². The highest BCUT2D eigenvalue weighted by Crippen LogP contribution is 2.64. The summed E-state index contributed by atoms with van der Waals surface area (Å²) in [6.45, 7) is 2.43. The molecule has 0 N–H and O–H groups in total. The quantitative estimate of drug-likeness (QED) is 0.171. The molecule has 1 spiro atoms. The summed E-state index contributed by atoms with van der Waals surface area (Å²) in [5.74, 6) is 0. The van der Waals surface area contributed by atoms with Crippen LogP contribution in [-0.2, 0) is 10.8 Å². The lowest BCUT2D eigenvalue weighted by molar-refractivity contribution is 0.702. The van der Waals surface area contributed by atoms with Crippen molar-refractivity contribution in [2.45, 2.75) is 17.8 Å². The number of hydrogen-bond acceptors (Lipinski definition) is 1. The largest absolute Gasteiger partial charge is 0.309 e. The molecule has 4 aliphatic rings. The number of fused-ring (bicyclic) bond motifs is 17. The van der Waals surface area contributed by atoms with Gasteiger partial charge in [0, 0.05) is 21.8 Å². The Kier molecular flexibility index (Phi) is 5.87. The van der Waals surface area contributed by atoms with Gasteiger partial charge in [-0.15, -0.1) is 0 Å². The van der Waals surface area contributed by atoms with Gasteiger partial charge in [-0.25, -0.2) is 0 Å². The molecule has 2 aliphatic carbocycles. The normalized spacial score (nSPS) is 18.4. The predicted octanol–water partition coefficient (Wildman–Crippen LogP) is 14.2. The maximum Gasteiger partial charge on any atom is 0.0754 e. The second kappa shape index (κ2) is 10.9. The molecule has 0 amide bonds. The fourth-order valence-corrected chi connectivity index (χ4v) is 12.2. The molecule has 3 heterocycles. The minimum absolute atomic E-state index is 0.256. The minimum atomic E-state index is -0.511. The van der Waals surface area contributed by atoms with E-state index < -0.39 is 5.41 Å². The number of anilines is 3. The lowest BCUT2D eigenvalue weighted by atomic mass is 9.65. The van der Waals surface area contributed by atoms with Crippen LogP contribution in [0.5, 0.6) is 0 Å². The Hall–Kier alpha value is -7.42. The summed E-state index contributed by atoms with van der Waals surface area (Å²) >= 11 is 0. The van der Waals surface area contributed by atoms with Gasteiger partial charge in [-0.05, 0) is 110 Å². The van der Waals surface area contributed by atoms with Crippen LogP contribution in [0.3, 0.4) is 0 Å². The van der Waals surface area contributed by atoms with Gasteiger partial charge in [0.05, 0.1) is 39.2 Å². The van der Waals surface area contributed by atoms with Crippen LogP contribution >= 0.6 is 0 Å². The Balaban J connectivity index is 1.05. The van der Waals surface area contributed by atoms with Crippen molar-refractivity contribution in [1.29, 1.82) is 0 Å². The lowest BCUT2D eigenvalue weighted by Gasteiger charge is -2.43. The first-order valence-corrected chi connectivity index (χ1v) is 20.8. The Bertz CT molecular complexity index is 3490. The van der Waals surface area contributed by atoms with Crippen molar-refractivity contribution in [2.24, 2.45) is 0 Å². The second-order valence-electron chi connectivity index (χ2n) is 16.9. The van der Waals surface area contributed by atoms with Crippen molar-refractivity contribution in [1.82, 2.24) is 4.57 Å². The number of nitrogens with zero attached hydrogens (tertiary/aromatic N) is 2. The van der Waals surface area contributed by atoms with Crippen LogP contribution in [0.2, 0.25) is 0 Å². The van der Waals surface area contributed by atoms with Crippen molar-refractivity contribution in [2.75, 3.05) is 4.90 Å². The van der Waals surface area contributed by atoms with Gasteiger partial charge in [0.2, 0.25) is 0 Å². The number of rotatable bonds is 2. The first-order chi connectivity index (χ1) is 29.2. The zero-order chi connectivity index (χ0) is 38.6. The summed E-state index contributed by atoms with van der Waals surface area (Å²) in [6, 6.07) is 75.6. The summed E-state index contributed by atoms with van der Waals surface area (Å²) in [4.78, 5) is 2.55. The number of aromatic nitrogens is 1. The standard InChI is InChI=1S/C57H36N2/c1-56-43-22-6-2-18-38(43)41-20-15-31-53(54(41)56)58(51-29-12-8-24-45(51)56)49-27-10-4-16-36(49)35-32-33-39-37-17-3-7-23-44(37)57(48(39)34-35)46-25-9-13-30-52(46)59-50-28-11-5-19-40(50)42-21-14-26-47(57)55(42)59/h2-34H,1H3. The van der Waals surface area contributed by atoms with Crippen LogP contribution < -0.4 is 4.90 Å². The van der Waals surface area contributed by atoms with E-state index in [0.29, 0.717) is 0 Å². The molecule has 2 atom stereocenters. The van der Waals surface area contributed by atoms with Crippen LogP contribution in [0.15, 0.2) is 200 Å². The monoisotopic (exact) mass is 748 g/mol. The van der Waals surface area contributed by atoms with E-state index in [1.165, 1.54) is 117 Å². The third-order valence-electron chi connectivity index (χ3n) is 14.4. The SMILES string of the molecule is CC12c3ccccc3-c3cccc(c31)N(c1ccccc1-c1ccc3c(c1)C1(c4ccccc4-3)c3ccccc3-n3c4ccccc4c4cccc1c43)c1ccccc12. The highest BCUT2D eigenvalue weighted by molar-refractivity contribution is 6.13. The van der Waals surface area contributed by atoms with Crippen molar-refractivity contribution in [3.05, 3.63) is 239 Å². The molecule has 274 valence electrons. The summed E-state index contributed by atoms with van der Waals surface area (Å²) in [5.41, 5.74) is 23.8. The van der Waals surface area contributed by atoms with E-state index in [4.69, 9.17) is 0 Å². The van der Waals surface area contributed by atoms with Crippen molar-refractivity contribution in [3.63, 3.8) is 0 Å². The third-order valence-corrected chi connectivity index (χ3v) is 14.4. The Labute approximate surface area is 342 Å². The summed E-state index contributed by atoms with van der Waals surface area (Å²) in [5, 5.41) is 2.59. The fourth-order valence-electron chi connectivity index (χ4n) is 12.2. The zero-order valence-electron chi connectivity index (χ0n) is 32.4. The van der Waals surface area contributed by atoms with E-state index >= 15 is 0 Å². The van der Waals surface area contributed by atoms with E-state index in [-0.39, 0.29) is 5.41 Å². The van der Waals surface area contributed by atoms with Crippen molar-refractivity contribution in [3.8, 4) is 39.1 Å². The minimum Gasteiger partial charge on any atom is -0.309 e. The second-order valence-corrected chi connectivity index (χ2v) is 16.9. The first kappa shape index (κ1) is 31.6. The molecule has 0 fully saturated rings. The Morgan fingerprint density at radius 2 is 0.915 bits per heavy atom. The van der Waals surface area contributed by atoms with Gasteiger partial charge in [0.15, 0.2) is 0 Å². The van der Waals surface area contributed by atoms with Crippen molar-refractivity contribution < 1.29 is 0 Å². The molecule has 9 aromatic carbocycles. The smallest absolute Gasteiger partial charge is 0.0754 e. The van der Waals surface area contributed by atoms with E-state index in [9.17, 15) is 0 Å². The molecule has 0 saturated carbocycles. The zero-order valence-corrected chi connectivity index (χ0v) is 32.4. The molecule has 1 aromatic heterocycles. The number of benzene rings is 9. The van der Waals surface area contributed by atoms with Crippen LogP contribution in [0.25, 0.3) is 60.9 Å². The van der Waals surface area contributed by atoms with Gasteiger partial charge in [-0.3, -0.25) is 0 Å². The molecule has 0 radical (unpaired) electrons. The molecule has 0 saturated heterocycles. The van der Waals surface area contributed by atoms with Gasteiger partial charge in [-0.1, -0.05) is 164 Å². The average Bonchev–Trinajstić information content (AvgIpc) is 3.89. The number of hydrogen-bond donors (Lipinski definition) is 0. The lowest BCUT2D eigenvalue weighted by Crippen LogP contribution is -2.33. The van der Waals surface area contributed by atoms with Crippen LogP contribution in [-0.4, -0.2) is 4.57 Å². The molecule has 2 heteroatoms. The molecule has 14 rings (SSSR count). The molecule has 2 aliphatic heterocycles. The van der Waals surface area contributed by atoms with Crippen molar-refractivity contribution >= 4 is 38.9 Å². The molecule has 10 aromatic rings. The summed E-state index contributed by atoms with van der Waals surface area (Å²) in [6.07, 6.45) is 0. The molecule has 0 bridgehead atoms. The predicted molar refractivity (Wildman–Crippen MR) is 243 cm³/mol. The average molecular weight is 749 g/mol. The molecular formula is C57H36N2. The molecule has 2 unspecified atom stereocenters. The van der Waals surface area contributed by atoms with Gasteiger partial charge in [0.25, 0.3) is 0 Å². The van der Waals surface area contributed by atoms with Gasteiger partial charge < -0.3 is 9.47 Å². The molecule has 59 heavy (non-hydrogen) atoms. The van der Waals surface area contributed by atoms with Gasteiger partial charge in [-0.2, -0.15) is 0 Å². The van der Waals surface area contributed by atoms with E-state index in [2.05, 4.69) is 217 Å². The fraction of sp³-hybridized carbons (Fsp3) is 0.0526.